The van der Waals surface area contributed by atoms with Gasteiger partial charge in [-0.1, -0.05) is 17.3 Å². The van der Waals surface area contributed by atoms with Crippen LogP contribution in [-0.4, -0.2) is 34.0 Å². The van der Waals surface area contributed by atoms with Crippen molar-refractivity contribution in [3.63, 3.8) is 0 Å². The van der Waals surface area contributed by atoms with Gasteiger partial charge in [0.1, 0.15) is 0 Å². The molecular weight excluding hydrogens is 381 g/mol. The fourth-order valence-corrected chi connectivity index (χ4v) is 4.11. The van der Waals surface area contributed by atoms with E-state index in [4.69, 9.17) is 9.26 Å². The fraction of sp³-hybridized carbons (Fsp3) is 0.350. The lowest BCUT2D eigenvalue weighted by atomic mass is 9.97. The Bertz CT molecular complexity index is 971. The molecule has 1 atom stereocenters. The van der Waals surface area contributed by atoms with Crippen LogP contribution in [0, 0.1) is 12.7 Å². The van der Waals surface area contributed by atoms with Crippen molar-refractivity contribution in [2.45, 2.75) is 32.3 Å². The van der Waals surface area contributed by atoms with E-state index in [2.05, 4.69) is 10.1 Å². The van der Waals surface area contributed by atoms with E-state index in [0.717, 1.165) is 29.1 Å². The number of aryl methyl sites for hydroxylation is 1. The van der Waals surface area contributed by atoms with Gasteiger partial charge in [-0.2, -0.15) is 4.98 Å². The van der Waals surface area contributed by atoms with Crippen molar-refractivity contribution in [2.75, 3.05) is 13.1 Å². The largest absolute Gasteiger partial charge is 0.481 e. The molecule has 4 rings (SSSR count). The number of piperidine rings is 1. The number of halogens is 1. The molecule has 1 aliphatic heterocycles. The standard InChI is InChI=1S/C20H20FN3O3S/c1-13-8-9-17(28-13)20(25)24-10-4-5-14(11-24)19-22-18(27-23-19)12-26-16-7-3-2-6-15(16)21/h2-3,6-9,14H,4-5,10-12H2,1H3. The third-order valence-corrected chi connectivity index (χ3v) is 5.69. The second-order valence-electron chi connectivity index (χ2n) is 6.77. The van der Waals surface area contributed by atoms with E-state index in [-0.39, 0.29) is 30.1 Å². The van der Waals surface area contributed by atoms with Crippen LogP contribution >= 0.6 is 11.3 Å². The van der Waals surface area contributed by atoms with Gasteiger partial charge in [0.25, 0.3) is 11.8 Å². The van der Waals surface area contributed by atoms with Gasteiger partial charge in [0, 0.05) is 23.9 Å². The molecule has 0 radical (unpaired) electrons. The monoisotopic (exact) mass is 401 g/mol. The Balaban J connectivity index is 1.39. The number of carbonyl (C=O) groups excluding carboxylic acids is 1. The number of hydrogen-bond acceptors (Lipinski definition) is 6. The summed E-state index contributed by atoms with van der Waals surface area (Å²) in [5, 5.41) is 4.05. The topological polar surface area (TPSA) is 68.5 Å². The second-order valence-corrected chi connectivity index (χ2v) is 8.05. The number of aromatic nitrogens is 2. The van der Waals surface area contributed by atoms with E-state index < -0.39 is 5.82 Å². The van der Waals surface area contributed by atoms with Crippen molar-refractivity contribution in [3.8, 4) is 5.75 Å². The van der Waals surface area contributed by atoms with E-state index >= 15 is 0 Å². The normalized spacial score (nSPS) is 16.9. The minimum atomic E-state index is -0.438. The first-order chi connectivity index (χ1) is 13.6. The van der Waals surface area contributed by atoms with Gasteiger partial charge in [-0.05, 0) is 44.0 Å². The lowest BCUT2D eigenvalue weighted by Gasteiger charge is -2.30. The maximum atomic E-state index is 13.6. The summed E-state index contributed by atoms with van der Waals surface area (Å²) >= 11 is 1.51. The average Bonchev–Trinajstić information content (AvgIpc) is 3.36. The molecule has 1 amide bonds. The summed E-state index contributed by atoms with van der Waals surface area (Å²) in [5.74, 6) is 0.622. The maximum Gasteiger partial charge on any atom is 0.264 e. The molecule has 0 spiro atoms. The zero-order valence-corrected chi connectivity index (χ0v) is 16.2. The van der Waals surface area contributed by atoms with E-state index in [0.29, 0.717) is 12.4 Å². The lowest BCUT2D eigenvalue weighted by Crippen LogP contribution is -2.39. The number of para-hydroxylation sites is 1. The summed E-state index contributed by atoms with van der Waals surface area (Å²) in [4.78, 5) is 20.8. The van der Waals surface area contributed by atoms with Crippen LogP contribution in [0.4, 0.5) is 4.39 Å². The Morgan fingerprint density at radius 1 is 1.36 bits per heavy atom. The Kier molecular flexibility index (Phi) is 5.38. The molecule has 146 valence electrons. The second kappa shape index (κ2) is 8.10. The SMILES string of the molecule is Cc1ccc(C(=O)N2CCCC(c3noc(COc4ccccc4F)n3)C2)s1. The molecule has 28 heavy (non-hydrogen) atoms. The van der Waals surface area contributed by atoms with Crippen LogP contribution in [0.3, 0.4) is 0 Å². The summed E-state index contributed by atoms with van der Waals surface area (Å²) in [7, 11) is 0. The third-order valence-electron chi connectivity index (χ3n) is 4.70. The average molecular weight is 401 g/mol. The molecule has 1 unspecified atom stereocenters. The van der Waals surface area contributed by atoms with Gasteiger partial charge in [0.05, 0.1) is 4.88 Å². The van der Waals surface area contributed by atoms with Gasteiger partial charge in [0.2, 0.25) is 0 Å². The van der Waals surface area contributed by atoms with Crippen molar-refractivity contribution in [1.82, 2.24) is 15.0 Å². The quantitative estimate of drug-likeness (QED) is 0.642. The first kappa shape index (κ1) is 18.6. The molecule has 1 aromatic carbocycles. The molecule has 6 nitrogen and oxygen atoms in total. The molecule has 1 aliphatic rings. The van der Waals surface area contributed by atoms with Crippen molar-refractivity contribution in [2.24, 2.45) is 0 Å². The summed E-state index contributed by atoms with van der Waals surface area (Å²) in [6.45, 7) is 3.28. The third kappa shape index (κ3) is 4.06. The molecule has 2 aromatic heterocycles. The zero-order valence-electron chi connectivity index (χ0n) is 15.4. The number of ether oxygens (including phenoxy) is 1. The van der Waals surface area contributed by atoms with E-state index in [1.54, 1.807) is 18.2 Å². The van der Waals surface area contributed by atoms with Gasteiger partial charge >= 0.3 is 0 Å². The Morgan fingerprint density at radius 3 is 3.00 bits per heavy atom. The highest BCUT2D eigenvalue weighted by atomic mass is 32.1. The minimum Gasteiger partial charge on any atom is -0.481 e. The Morgan fingerprint density at radius 2 is 2.21 bits per heavy atom. The van der Waals surface area contributed by atoms with Gasteiger partial charge in [-0.3, -0.25) is 4.79 Å². The molecule has 8 heteroatoms. The van der Waals surface area contributed by atoms with E-state index in [1.165, 1.54) is 17.4 Å². The summed E-state index contributed by atoms with van der Waals surface area (Å²) < 4.78 is 24.3. The number of nitrogens with zero attached hydrogens (tertiary/aromatic N) is 3. The zero-order chi connectivity index (χ0) is 19.5. The number of amides is 1. The molecule has 3 heterocycles. The predicted octanol–water partition coefficient (Wildman–Crippen LogP) is 4.18. The van der Waals surface area contributed by atoms with E-state index in [9.17, 15) is 9.18 Å². The van der Waals surface area contributed by atoms with Gasteiger partial charge in [0.15, 0.2) is 24.0 Å². The van der Waals surface area contributed by atoms with Crippen molar-refractivity contribution < 1.29 is 18.4 Å². The van der Waals surface area contributed by atoms with Crippen LogP contribution in [-0.2, 0) is 6.61 Å². The first-order valence-electron chi connectivity index (χ1n) is 9.15. The maximum absolute atomic E-state index is 13.6. The predicted molar refractivity (Wildman–Crippen MR) is 102 cm³/mol. The number of likely N-dealkylation sites (tertiary alicyclic amines) is 1. The first-order valence-corrected chi connectivity index (χ1v) is 9.97. The molecule has 0 N–H and O–H groups in total. The highest BCUT2D eigenvalue weighted by Crippen LogP contribution is 2.27. The molecule has 1 saturated heterocycles. The summed E-state index contributed by atoms with van der Waals surface area (Å²) in [5.41, 5.74) is 0. The number of thiophene rings is 1. The van der Waals surface area contributed by atoms with Crippen LogP contribution in [0.5, 0.6) is 5.75 Å². The number of carbonyl (C=O) groups is 1. The Labute approximate surface area is 165 Å². The van der Waals surface area contributed by atoms with Crippen LogP contribution in [0.25, 0.3) is 0 Å². The number of rotatable bonds is 5. The van der Waals surface area contributed by atoms with Crippen molar-refractivity contribution in [3.05, 3.63) is 63.7 Å². The van der Waals surface area contributed by atoms with Crippen LogP contribution in [0.1, 0.15) is 45.0 Å². The fourth-order valence-electron chi connectivity index (χ4n) is 3.27. The van der Waals surface area contributed by atoms with Gasteiger partial charge < -0.3 is 14.2 Å². The summed E-state index contributed by atoms with van der Waals surface area (Å²) in [6.07, 6.45) is 1.77. The van der Waals surface area contributed by atoms with Crippen LogP contribution in [0.15, 0.2) is 40.9 Å². The van der Waals surface area contributed by atoms with Crippen LogP contribution in [0.2, 0.25) is 0 Å². The molecule has 0 saturated carbocycles. The Hall–Kier alpha value is -2.74. The number of benzene rings is 1. The summed E-state index contributed by atoms with van der Waals surface area (Å²) in [6, 6.07) is 10.0. The lowest BCUT2D eigenvalue weighted by molar-refractivity contribution is 0.0708. The molecule has 3 aromatic rings. The van der Waals surface area contributed by atoms with Crippen molar-refractivity contribution >= 4 is 17.2 Å². The van der Waals surface area contributed by atoms with E-state index in [1.807, 2.05) is 24.0 Å². The van der Waals surface area contributed by atoms with Gasteiger partial charge in [-0.25, -0.2) is 4.39 Å². The molecule has 0 bridgehead atoms. The highest BCUT2D eigenvalue weighted by molar-refractivity contribution is 7.13. The van der Waals surface area contributed by atoms with Crippen molar-refractivity contribution in [1.29, 1.82) is 0 Å². The number of hydrogen-bond donors (Lipinski definition) is 0. The molecule has 0 aliphatic carbocycles. The molecule has 1 fully saturated rings. The molecular formula is C20H20FN3O3S. The van der Waals surface area contributed by atoms with Gasteiger partial charge in [-0.15, -0.1) is 11.3 Å². The minimum absolute atomic E-state index is 0.00221. The highest BCUT2D eigenvalue weighted by Gasteiger charge is 2.29. The smallest absolute Gasteiger partial charge is 0.264 e. The van der Waals surface area contributed by atoms with Crippen LogP contribution < -0.4 is 4.74 Å².